The van der Waals surface area contributed by atoms with E-state index in [-0.39, 0.29) is 0 Å². The molecule has 0 saturated heterocycles. The molecule has 1 aliphatic rings. The highest BCUT2D eigenvalue weighted by molar-refractivity contribution is 4.82. The molecule has 0 amide bonds. The summed E-state index contributed by atoms with van der Waals surface area (Å²) in [5, 5.41) is 0. The average Bonchev–Trinajstić information content (AvgIpc) is 2.50. The monoisotopic (exact) mass is 168 g/mol. The Morgan fingerprint density at radius 3 is 2.17 bits per heavy atom. The van der Waals surface area contributed by atoms with E-state index in [0.717, 1.165) is 23.7 Å². The molecule has 0 nitrogen and oxygen atoms in total. The molecule has 0 aromatic rings. The Hall–Kier alpha value is 0. The molecule has 1 aliphatic carbocycles. The van der Waals surface area contributed by atoms with Gasteiger partial charge in [-0.1, -0.05) is 40.5 Å². The standard InChI is InChI=1S/C12H24/c1-5-10(4)12-8-6-7-11(12)9(2)3/h9-12H,5-8H2,1-4H3. The topological polar surface area (TPSA) is 0 Å². The van der Waals surface area contributed by atoms with E-state index < -0.39 is 0 Å². The Balaban J connectivity index is 2.51. The highest BCUT2D eigenvalue weighted by Gasteiger charge is 2.32. The van der Waals surface area contributed by atoms with Crippen LogP contribution in [-0.4, -0.2) is 0 Å². The van der Waals surface area contributed by atoms with Crippen LogP contribution in [0.1, 0.15) is 53.4 Å². The van der Waals surface area contributed by atoms with Crippen molar-refractivity contribution < 1.29 is 0 Å². The van der Waals surface area contributed by atoms with Crippen molar-refractivity contribution in [3.63, 3.8) is 0 Å². The molecule has 0 radical (unpaired) electrons. The van der Waals surface area contributed by atoms with E-state index in [4.69, 9.17) is 0 Å². The molecule has 0 bridgehead atoms. The van der Waals surface area contributed by atoms with Crippen LogP contribution in [0.3, 0.4) is 0 Å². The summed E-state index contributed by atoms with van der Waals surface area (Å²) in [5.41, 5.74) is 0. The third kappa shape index (κ3) is 2.02. The second-order valence-electron chi connectivity index (χ2n) is 4.89. The maximum absolute atomic E-state index is 2.44. The lowest BCUT2D eigenvalue weighted by molar-refractivity contribution is 0.219. The van der Waals surface area contributed by atoms with Gasteiger partial charge in [-0.05, 0) is 36.5 Å². The molecule has 0 N–H and O–H groups in total. The van der Waals surface area contributed by atoms with Crippen LogP contribution in [0.4, 0.5) is 0 Å². The molecular weight excluding hydrogens is 144 g/mol. The van der Waals surface area contributed by atoms with Crippen LogP contribution in [0, 0.1) is 23.7 Å². The lowest BCUT2D eigenvalue weighted by Gasteiger charge is -2.27. The maximum atomic E-state index is 2.44. The lowest BCUT2D eigenvalue weighted by atomic mass is 9.78. The van der Waals surface area contributed by atoms with Gasteiger partial charge in [-0.25, -0.2) is 0 Å². The van der Waals surface area contributed by atoms with Crippen LogP contribution in [-0.2, 0) is 0 Å². The summed E-state index contributed by atoms with van der Waals surface area (Å²) in [5.74, 6) is 3.93. The summed E-state index contributed by atoms with van der Waals surface area (Å²) in [6.45, 7) is 9.56. The molecule has 0 heterocycles. The van der Waals surface area contributed by atoms with Crippen molar-refractivity contribution in [2.24, 2.45) is 23.7 Å². The Bertz CT molecular complexity index is 126. The third-order valence-corrected chi connectivity index (χ3v) is 3.86. The minimum atomic E-state index is 0.909. The summed E-state index contributed by atoms with van der Waals surface area (Å²) in [7, 11) is 0. The van der Waals surface area contributed by atoms with Crippen molar-refractivity contribution in [2.75, 3.05) is 0 Å². The van der Waals surface area contributed by atoms with E-state index in [1.165, 1.54) is 25.7 Å². The second kappa shape index (κ2) is 4.30. The van der Waals surface area contributed by atoms with Crippen molar-refractivity contribution in [3.05, 3.63) is 0 Å². The van der Waals surface area contributed by atoms with Crippen LogP contribution < -0.4 is 0 Å². The van der Waals surface area contributed by atoms with E-state index in [2.05, 4.69) is 27.7 Å². The van der Waals surface area contributed by atoms with Crippen LogP contribution in [0.25, 0.3) is 0 Å². The van der Waals surface area contributed by atoms with E-state index in [0.29, 0.717) is 0 Å². The zero-order valence-electron chi connectivity index (χ0n) is 9.14. The fourth-order valence-electron chi connectivity index (χ4n) is 2.85. The van der Waals surface area contributed by atoms with Crippen molar-refractivity contribution in [1.82, 2.24) is 0 Å². The SMILES string of the molecule is CCC(C)C1CCCC1C(C)C. The van der Waals surface area contributed by atoms with E-state index in [1.54, 1.807) is 0 Å². The van der Waals surface area contributed by atoms with Gasteiger partial charge in [0.15, 0.2) is 0 Å². The first kappa shape index (κ1) is 10.1. The molecule has 0 aromatic heterocycles. The third-order valence-electron chi connectivity index (χ3n) is 3.86. The molecule has 1 rings (SSSR count). The molecule has 12 heavy (non-hydrogen) atoms. The van der Waals surface area contributed by atoms with Gasteiger partial charge in [-0.2, -0.15) is 0 Å². The summed E-state index contributed by atoms with van der Waals surface area (Å²) in [4.78, 5) is 0. The van der Waals surface area contributed by atoms with Crippen molar-refractivity contribution >= 4 is 0 Å². The number of hydrogen-bond donors (Lipinski definition) is 0. The Labute approximate surface area is 77.7 Å². The van der Waals surface area contributed by atoms with Crippen molar-refractivity contribution in [2.45, 2.75) is 53.4 Å². The van der Waals surface area contributed by atoms with Gasteiger partial charge in [0, 0.05) is 0 Å². The minimum absolute atomic E-state index is 0.909. The molecule has 0 heteroatoms. The highest BCUT2D eigenvalue weighted by atomic mass is 14.4. The zero-order chi connectivity index (χ0) is 9.14. The van der Waals surface area contributed by atoms with Crippen LogP contribution in [0.2, 0.25) is 0 Å². The second-order valence-corrected chi connectivity index (χ2v) is 4.89. The van der Waals surface area contributed by atoms with Crippen molar-refractivity contribution in [3.8, 4) is 0 Å². The van der Waals surface area contributed by atoms with E-state index in [1.807, 2.05) is 0 Å². The molecular formula is C12H24. The van der Waals surface area contributed by atoms with Gasteiger partial charge < -0.3 is 0 Å². The Morgan fingerprint density at radius 1 is 1.08 bits per heavy atom. The predicted molar refractivity (Wildman–Crippen MR) is 55.1 cm³/mol. The van der Waals surface area contributed by atoms with Crippen LogP contribution in [0.15, 0.2) is 0 Å². The average molecular weight is 168 g/mol. The zero-order valence-corrected chi connectivity index (χ0v) is 9.14. The minimum Gasteiger partial charge on any atom is -0.0651 e. The van der Waals surface area contributed by atoms with Gasteiger partial charge >= 0.3 is 0 Å². The van der Waals surface area contributed by atoms with Gasteiger partial charge in [0.1, 0.15) is 0 Å². The van der Waals surface area contributed by atoms with E-state index >= 15 is 0 Å². The summed E-state index contributed by atoms with van der Waals surface area (Å²) in [6, 6.07) is 0. The van der Waals surface area contributed by atoms with Gasteiger partial charge in [0.25, 0.3) is 0 Å². The predicted octanol–water partition coefficient (Wildman–Crippen LogP) is 4.10. The molecule has 72 valence electrons. The van der Waals surface area contributed by atoms with Gasteiger partial charge in [0.05, 0.1) is 0 Å². The fourth-order valence-corrected chi connectivity index (χ4v) is 2.85. The molecule has 1 fully saturated rings. The maximum Gasteiger partial charge on any atom is -0.0358 e. The summed E-state index contributed by atoms with van der Waals surface area (Å²) < 4.78 is 0. The van der Waals surface area contributed by atoms with Gasteiger partial charge in [0.2, 0.25) is 0 Å². The van der Waals surface area contributed by atoms with Crippen molar-refractivity contribution in [1.29, 1.82) is 0 Å². The first-order chi connectivity index (χ1) is 5.66. The fraction of sp³-hybridized carbons (Fsp3) is 1.00. The number of hydrogen-bond acceptors (Lipinski definition) is 0. The molecule has 0 aliphatic heterocycles. The van der Waals surface area contributed by atoms with Gasteiger partial charge in [-0.15, -0.1) is 0 Å². The number of rotatable bonds is 3. The summed E-state index contributed by atoms with van der Waals surface area (Å²) >= 11 is 0. The largest absolute Gasteiger partial charge is 0.0651 e. The first-order valence-electron chi connectivity index (χ1n) is 5.66. The Morgan fingerprint density at radius 2 is 1.67 bits per heavy atom. The molecule has 0 aromatic carbocycles. The van der Waals surface area contributed by atoms with Crippen LogP contribution in [0.5, 0.6) is 0 Å². The Kier molecular flexibility index (Phi) is 3.61. The molecule has 0 spiro atoms. The molecule has 3 unspecified atom stereocenters. The van der Waals surface area contributed by atoms with Crippen LogP contribution >= 0.6 is 0 Å². The van der Waals surface area contributed by atoms with E-state index in [9.17, 15) is 0 Å². The summed E-state index contributed by atoms with van der Waals surface area (Å²) in [6.07, 6.45) is 5.84. The quantitative estimate of drug-likeness (QED) is 0.595. The van der Waals surface area contributed by atoms with Gasteiger partial charge in [-0.3, -0.25) is 0 Å². The molecule has 3 atom stereocenters. The highest BCUT2D eigenvalue weighted by Crippen LogP contribution is 2.41. The lowest BCUT2D eigenvalue weighted by Crippen LogP contribution is -2.20. The normalized spacial score (nSPS) is 32.8. The first-order valence-corrected chi connectivity index (χ1v) is 5.66. The molecule has 1 saturated carbocycles. The smallest absolute Gasteiger partial charge is 0.0358 e.